The van der Waals surface area contributed by atoms with Crippen molar-refractivity contribution in [3.63, 3.8) is 0 Å². The topological polar surface area (TPSA) is 55.3 Å². The summed E-state index contributed by atoms with van der Waals surface area (Å²) in [5.41, 5.74) is 4.56. The predicted octanol–water partition coefficient (Wildman–Crippen LogP) is 6.56. The molecule has 178 valence electrons. The van der Waals surface area contributed by atoms with E-state index < -0.39 is 0 Å². The summed E-state index contributed by atoms with van der Waals surface area (Å²) in [6.07, 6.45) is 1.97. The van der Waals surface area contributed by atoms with Gasteiger partial charge >= 0.3 is 0 Å². The summed E-state index contributed by atoms with van der Waals surface area (Å²) >= 11 is 1.50. The van der Waals surface area contributed by atoms with Crippen LogP contribution in [-0.4, -0.2) is 15.9 Å². The summed E-state index contributed by atoms with van der Waals surface area (Å²) < 4.78 is 5.91. The Morgan fingerprint density at radius 3 is 2.25 bits per heavy atom. The van der Waals surface area contributed by atoms with Crippen molar-refractivity contribution in [1.82, 2.24) is 9.97 Å². The lowest BCUT2D eigenvalue weighted by Gasteiger charge is -2.23. The van der Waals surface area contributed by atoms with E-state index in [0.717, 1.165) is 39.0 Å². The third kappa shape index (κ3) is 6.03. The van der Waals surface area contributed by atoms with Crippen LogP contribution in [0.1, 0.15) is 16.8 Å². The molecule has 0 saturated heterocycles. The Labute approximate surface area is 214 Å². The van der Waals surface area contributed by atoms with Crippen LogP contribution in [0.5, 0.6) is 5.75 Å². The lowest BCUT2D eigenvalue weighted by atomic mass is 10.1. The van der Waals surface area contributed by atoms with Crippen LogP contribution >= 0.6 is 11.3 Å². The van der Waals surface area contributed by atoms with Gasteiger partial charge in [-0.15, -0.1) is 11.3 Å². The zero-order valence-corrected chi connectivity index (χ0v) is 20.5. The van der Waals surface area contributed by atoms with Crippen LogP contribution in [0, 0.1) is 0 Å². The lowest BCUT2D eigenvalue weighted by molar-refractivity contribution is -0.118. The zero-order valence-electron chi connectivity index (χ0n) is 19.7. The van der Waals surface area contributed by atoms with Crippen LogP contribution in [-0.2, 0) is 24.4 Å². The number of pyridine rings is 1. The molecule has 0 atom stereocenters. The van der Waals surface area contributed by atoms with Crippen molar-refractivity contribution in [3.8, 4) is 16.5 Å². The number of carbonyl (C=O) groups excluding carboxylic acids is 1. The van der Waals surface area contributed by atoms with E-state index in [2.05, 4.69) is 9.97 Å². The molecule has 0 aliphatic rings. The molecule has 0 fully saturated rings. The Morgan fingerprint density at radius 2 is 1.53 bits per heavy atom. The van der Waals surface area contributed by atoms with Crippen molar-refractivity contribution in [3.05, 3.63) is 132 Å². The Morgan fingerprint density at radius 1 is 0.806 bits per heavy atom. The molecular weight excluding hydrogens is 466 g/mol. The van der Waals surface area contributed by atoms with Gasteiger partial charge in [-0.25, -0.2) is 4.98 Å². The third-order valence-corrected chi connectivity index (χ3v) is 6.56. The van der Waals surface area contributed by atoms with E-state index in [1.165, 1.54) is 11.3 Å². The van der Waals surface area contributed by atoms with Crippen molar-refractivity contribution in [1.29, 1.82) is 0 Å². The first kappa shape index (κ1) is 23.5. The lowest BCUT2D eigenvalue weighted by Crippen LogP contribution is -2.31. The number of amides is 1. The van der Waals surface area contributed by atoms with Gasteiger partial charge in [-0.3, -0.25) is 9.78 Å². The molecule has 0 saturated carbocycles. The minimum Gasteiger partial charge on any atom is -0.489 e. The van der Waals surface area contributed by atoms with Gasteiger partial charge in [-0.05, 0) is 47.5 Å². The fourth-order valence-electron chi connectivity index (χ4n) is 3.79. The van der Waals surface area contributed by atoms with Gasteiger partial charge in [-0.2, -0.15) is 0 Å². The van der Waals surface area contributed by atoms with Gasteiger partial charge in [0.05, 0.1) is 24.4 Å². The number of hydrogen-bond donors (Lipinski definition) is 0. The molecule has 0 spiro atoms. The summed E-state index contributed by atoms with van der Waals surface area (Å²) in [7, 11) is 0. The third-order valence-electron chi connectivity index (χ3n) is 5.65. The molecule has 5 aromatic rings. The number of carbonyl (C=O) groups is 1. The van der Waals surface area contributed by atoms with E-state index in [0.29, 0.717) is 13.2 Å². The molecule has 0 unspecified atom stereocenters. The van der Waals surface area contributed by atoms with E-state index in [-0.39, 0.29) is 12.3 Å². The Hall–Kier alpha value is -4.29. The summed E-state index contributed by atoms with van der Waals surface area (Å²) in [5.74, 6) is 0.785. The number of ether oxygens (including phenoxy) is 1. The quantitative estimate of drug-likeness (QED) is 0.234. The van der Waals surface area contributed by atoms with Gasteiger partial charge in [0.15, 0.2) is 0 Å². The first-order chi connectivity index (χ1) is 17.7. The average Bonchev–Trinajstić information content (AvgIpc) is 3.41. The van der Waals surface area contributed by atoms with Crippen LogP contribution in [0.3, 0.4) is 0 Å². The molecule has 0 N–H and O–H groups in total. The standard InChI is InChI=1S/C30H25N3O2S/c34-29(19-25-22-36-30(32-25)28-13-7-8-18-31-28)33(26-11-5-2-6-12-26)20-23-14-16-27(17-15-23)35-21-24-9-3-1-4-10-24/h1-18,22H,19-21H2. The number of rotatable bonds is 9. The maximum atomic E-state index is 13.4. The molecular formula is C30H25N3O2S. The second-order valence-corrected chi connectivity index (χ2v) is 9.13. The van der Waals surface area contributed by atoms with Crippen LogP contribution < -0.4 is 9.64 Å². The van der Waals surface area contributed by atoms with Crippen molar-refractivity contribution in [2.24, 2.45) is 0 Å². The number of hydrogen-bond acceptors (Lipinski definition) is 5. The maximum Gasteiger partial charge on any atom is 0.233 e. The second kappa shape index (κ2) is 11.4. The van der Waals surface area contributed by atoms with Gasteiger partial charge in [0, 0.05) is 17.3 Å². The Balaban J connectivity index is 1.28. The Kier molecular flexibility index (Phi) is 7.44. The molecule has 5 nitrogen and oxygen atoms in total. The van der Waals surface area contributed by atoms with E-state index >= 15 is 0 Å². The summed E-state index contributed by atoms with van der Waals surface area (Å²) in [4.78, 5) is 24.3. The molecule has 0 aliphatic carbocycles. The van der Waals surface area contributed by atoms with Crippen LogP contribution in [0.15, 0.2) is 115 Å². The Bertz CT molecular complexity index is 1390. The molecule has 36 heavy (non-hydrogen) atoms. The van der Waals surface area contributed by atoms with Crippen LogP contribution in [0.2, 0.25) is 0 Å². The highest BCUT2D eigenvalue weighted by atomic mass is 32.1. The minimum atomic E-state index is -0.0107. The molecule has 6 heteroatoms. The highest BCUT2D eigenvalue weighted by Gasteiger charge is 2.18. The van der Waals surface area contributed by atoms with Gasteiger partial charge in [0.2, 0.25) is 5.91 Å². The highest BCUT2D eigenvalue weighted by Crippen LogP contribution is 2.24. The monoisotopic (exact) mass is 491 g/mol. The first-order valence-corrected chi connectivity index (χ1v) is 12.6. The number of aromatic nitrogens is 2. The second-order valence-electron chi connectivity index (χ2n) is 8.27. The highest BCUT2D eigenvalue weighted by molar-refractivity contribution is 7.13. The molecule has 0 bridgehead atoms. The van der Waals surface area contributed by atoms with Crippen molar-refractivity contribution in [2.45, 2.75) is 19.6 Å². The number of benzene rings is 3. The van der Waals surface area contributed by atoms with E-state index in [1.54, 1.807) is 11.1 Å². The normalized spacial score (nSPS) is 10.7. The maximum absolute atomic E-state index is 13.4. The van der Waals surface area contributed by atoms with Crippen molar-refractivity contribution in [2.75, 3.05) is 4.90 Å². The van der Waals surface area contributed by atoms with Gasteiger partial charge < -0.3 is 9.64 Å². The van der Waals surface area contributed by atoms with Crippen LogP contribution in [0.25, 0.3) is 10.7 Å². The number of thiazole rings is 1. The average molecular weight is 492 g/mol. The molecule has 3 aromatic carbocycles. The SMILES string of the molecule is O=C(Cc1csc(-c2ccccn2)n1)N(Cc1ccc(OCc2ccccc2)cc1)c1ccccc1. The number of nitrogens with zero attached hydrogens (tertiary/aromatic N) is 3. The van der Waals surface area contributed by atoms with Gasteiger partial charge in [0.25, 0.3) is 0 Å². The summed E-state index contributed by atoms with van der Waals surface area (Å²) in [5, 5.41) is 2.75. The molecule has 2 aromatic heterocycles. The first-order valence-electron chi connectivity index (χ1n) is 11.7. The zero-order chi connectivity index (χ0) is 24.6. The van der Waals surface area contributed by atoms with Crippen molar-refractivity contribution >= 4 is 22.9 Å². The fraction of sp³-hybridized carbons (Fsp3) is 0.100. The fourth-order valence-corrected chi connectivity index (χ4v) is 4.59. The number of para-hydroxylation sites is 1. The van der Waals surface area contributed by atoms with Crippen molar-refractivity contribution < 1.29 is 9.53 Å². The van der Waals surface area contributed by atoms with Gasteiger partial charge in [0.1, 0.15) is 17.4 Å². The summed E-state index contributed by atoms with van der Waals surface area (Å²) in [6.45, 7) is 0.974. The molecule has 5 rings (SSSR count). The largest absolute Gasteiger partial charge is 0.489 e. The minimum absolute atomic E-state index is 0.0107. The molecule has 1 amide bonds. The molecule has 0 radical (unpaired) electrons. The smallest absolute Gasteiger partial charge is 0.233 e. The summed E-state index contributed by atoms with van der Waals surface area (Å²) in [6, 6.07) is 33.5. The van der Waals surface area contributed by atoms with Gasteiger partial charge in [-0.1, -0.05) is 66.7 Å². The van der Waals surface area contributed by atoms with E-state index in [4.69, 9.17) is 4.74 Å². The van der Waals surface area contributed by atoms with Crippen LogP contribution in [0.4, 0.5) is 5.69 Å². The van der Waals surface area contributed by atoms with E-state index in [1.807, 2.05) is 109 Å². The van der Waals surface area contributed by atoms with E-state index in [9.17, 15) is 4.79 Å². The predicted molar refractivity (Wildman–Crippen MR) is 144 cm³/mol. The number of anilines is 1. The molecule has 2 heterocycles. The molecule has 0 aliphatic heterocycles.